The van der Waals surface area contributed by atoms with Crippen molar-refractivity contribution in [2.45, 2.75) is 58.3 Å². The summed E-state index contributed by atoms with van der Waals surface area (Å²) in [5.41, 5.74) is 2.45. The van der Waals surface area contributed by atoms with E-state index in [9.17, 15) is 4.79 Å². The summed E-state index contributed by atoms with van der Waals surface area (Å²) in [7, 11) is 0. The highest BCUT2D eigenvalue weighted by molar-refractivity contribution is 5.75. The zero-order chi connectivity index (χ0) is 11.5. The van der Waals surface area contributed by atoms with Crippen LogP contribution >= 0.6 is 0 Å². The van der Waals surface area contributed by atoms with E-state index in [2.05, 4.69) is 16.9 Å². The van der Waals surface area contributed by atoms with Crippen molar-refractivity contribution in [1.82, 2.24) is 9.97 Å². The first-order valence-corrected chi connectivity index (χ1v) is 6.21. The Morgan fingerprint density at radius 2 is 2.12 bits per heavy atom. The number of aryl methyl sites for hydroxylation is 2. The third kappa shape index (κ3) is 2.52. The Morgan fingerprint density at radius 1 is 1.44 bits per heavy atom. The van der Waals surface area contributed by atoms with Crippen LogP contribution in [0.4, 0.5) is 0 Å². The Morgan fingerprint density at radius 3 is 2.75 bits per heavy atom. The van der Waals surface area contributed by atoms with Crippen LogP contribution in [0.15, 0.2) is 0 Å². The zero-order valence-electron chi connectivity index (χ0n) is 10.2. The predicted octanol–water partition coefficient (Wildman–Crippen LogP) is 2.90. The lowest BCUT2D eigenvalue weighted by Gasteiger charge is -2.05. The Balaban J connectivity index is 2.05. The molecule has 0 aliphatic heterocycles. The van der Waals surface area contributed by atoms with Gasteiger partial charge in [0.2, 0.25) is 0 Å². The SMILES string of the molecule is CC(=O)CCc1nc(C2CCCC2)c(C)[nH]1. The first-order chi connectivity index (χ1) is 7.66. The second-order valence-corrected chi connectivity index (χ2v) is 4.88. The molecule has 1 aromatic heterocycles. The summed E-state index contributed by atoms with van der Waals surface area (Å²) in [6.45, 7) is 3.73. The molecule has 0 spiro atoms. The van der Waals surface area contributed by atoms with Gasteiger partial charge in [0.25, 0.3) is 0 Å². The minimum absolute atomic E-state index is 0.233. The molecule has 2 rings (SSSR count). The van der Waals surface area contributed by atoms with Gasteiger partial charge >= 0.3 is 0 Å². The normalized spacial score (nSPS) is 16.9. The predicted molar refractivity (Wildman–Crippen MR) is 63.5 cm³/mol. The van der Waals surface area contributed by atoms with E-state index in [1.165, 1.54) is 37.1 Å². The van der Waals surface area contributed by atoms with E-state index >= 15 is 0 Å². The third-order valence-corrected chi connectivity index (χ3v) is 3.43. The molecule has 0 bridgehead atoms. The number of Topliss-reactive ketones (excluding diaryl/α,β-unsaturated/α-hetero) is 1. The molecule has 88 valence electrons. The fraction of sp³-hybridized carbons (Fsp3) is 0.692. The van der Waals surface area contributed by atoms with Crippen molar-refractivity contribution in [3.63, 3.8) is 0 Å². The summed E-state index contributed by atoms with van der Waals surface area (Å²) >= 11 is 0. The Kier molecular flexibility index (Phi) is 3.42. The molecule has 1 N–H and O–H groups in total. The van der Waals surface area contributed by atoms with Gasteiger partial charge in [0.05, 0.1) is 5.69 Å². The van der Waals surface area contributed by atoms with Gasteiger partial charge in [-0.3, -0.25) is 0 Å². The number of hydrogen-bond donors (Lipinski definition) is 1. The van der Waals surface area contributed by atoms with Gasteiger partial charge in [-0.1, -0.05) is 12.8 Å². The van der Waals surface area contributed by atoms with Crippen molar-refractivity contribution < 1.29 is 4.79 Å². The molecule has 0 radical (unpaired) electrons. The van der Waals surface area contributed by atoms with Crippen LogP contribution in [0, 0.1) is 6.92 Å². The van der Waals surface area contributed by atoms with Crippen LogP contribution in [0.3, 0.4) is 0 Å². The van der Waals surface area contributed by atoms with Crippen molar-refractivity contribution in [1.29, 1.82) is 0 Å². The second-order valence-electron chi connectivity index (χ2n) is 4.88. The molecule has 3 nitrogen and oxygen atoms in total. The second kappa shape index (κ2) is 4.81. The van der Waals surface area contributed by atoms with Crippen LogP contribution in [-0.4, -0.2) is 15.8 Å². The highest BCUT2D eigenvalue weighted by Crippen LogP contribution is 2.34. The van der Waals surface area contributed by atoms with E-state index in [-0.39, 0.29) is 5.78 Å². The smallest absolute Gasteiger partial charge is 0.130 e. The van der Waals surface area contributed by atoms with Crippen molar-refractivity contribution in [2.75, 3.05) is 0 Å². The van der Waals surface area contributed by atoms with Gasteiger partial charge in [0.1, 0.15) is 11.6 Å². The fourth-order valence-electron chi connectivity index (χ4n) is 2.55. The highest BCUT2D eigenvalue weighted by Gasteiger charge is 2.21. The van der Waals surface area contributed by atoms with Gasteiger partial charge in [-0.25, -0.2) is 4.98 Å². The van der Waals surface area contributed by atoms with Gasteiger partial charge in [-0.05, 0) is 26.7 Å². The average Bonchev–Trinajstić information content (AvgIpc) is 2.83. The van der Waals surface area contributed by atoms with E-state index in [4.69, 9.17) is 0 Å². The lowest BCUT2D eigenvalue weighted by atomic mass is 10.0. The molecule has 1 saturated carbocycles. The summed E-state index contributed by atoms with van der Waals surface area (Å²) in [5, 5.41) is 0. The molecule has 0 atom stereocenters. The molecule has 1 fully saturated rings. The van der Waals surface area contributed by atoms with E-state index in [1.807, 2.05) is 0 Å². The lowest BCUT2D eigenvalue weighted by Crippen LogP contribution is -1.97. The number of H-pyrrole nitrogens is 1. The van der Waals surface area contributed by atoms with Crippen molar-refractivity contribution in [2.24, 2.45) is 0 Å². The molecule has 1 aliphatic rings. The van der Waals surface area contributed by atoms with Crippen molar-refractivity contribution in [3.05, 3.63) is 17.2 Å². The van der Waals surface area contributed by atoms with Crippen molar-refractivity contribution in [3.8, 4) is 0 Å². The molecule has 0 aromatic carbocycles. The summed E-state index contributed by atoms with van der Waals surface area (Å²) in [6, 6.07) is 0. The van der Waals surface area contributed by atoms with E-state index in [0.717, 1.165) is 12.2 Å². The molecule has 1 heterocycles. The van der Waals surface area contributed by atoms with Gasteiger partial charge in [0, 0.05) is 24.5 Å². The standard InChI is InChI=1S/C13H20N2O/c1-9(16)7-8-12-14-10(2)13(15-12)11-5-3-4-6-11/h11H,3-8H2,1-2H3,(H,14,15). The van der Waals surface area contributed by atoms with Gasteiger partial charge in [-0.2, -0.15) is 0 Å². The van der Waals surface area contributed by atoms with Crippen molar-refractivity contribution >= 4 is 5.78 Å². The Labute approximate surface area is 96.7 Å². The fourth-order valence-corrected chi connectivity index (χ4v) is 2.55. The van der Waals surface area contributed by atoms with Crippen LogP contribution in [0.25, 0.3) is 0 Å². The Bertz CT molecular complexity index is 375. The molecule has 16 heavy (non-hydrogen) atoms. The number of rotatable bonds is 4. The average molecular weight is 220 g/mol. The number of carbonyl (C=O) groups is 1. The number of hydrogen-bond acceptors (Lipinski definition) is 2. The first-order valence-electron chi connectivity index (χ1n) is 6.21. The molecular weight excluding hydrogens is 200 g/mol. The number of imidazole rings is 1. The van der Waals surface area contributed by atoms with Gasteiger partial charge < -0.3 is 9.78 Å². The number of aromatic nitrogens is 2. The van der Waals surface area contributed by atoms with E-state index < -0.39 is 0 Å². The molecule has 3 heteroatoms. The summed E-state index contributed by atoms with van der Waals surface area (Å²) in [6.07, 6.45) is 6.56. The maximum atomic E-state index is 10.9. The molecule has 0 saturated heterocycles. The number of carbonyl (C=O) groups excluding carboxylic acids is 1. The third-order valence-electron chi connectivity index (χ3n) is 3.43. The molecule has 0 unspecified atom stereocenters. The highest BCUT2D eigenvalue weighted by atomic mass is 16.1. The topological polar surface area (TPSA) is 45.8 Å². The monoisotopic (exact) mass is 220 g/mol. The summed E-state index contributed by atoms with van der Waals surface area (Å²) in [4.78, 5) is 18.9. The first kappa shape index (κ1) is 11.4. The van der Waals surface area contributed by atoms with E-state index in [1.54, 1.807) is 6.92 Å². The summed E-state index contributed by atoms with van der Waals surface area (Å²) in [5.74, 6) is 1.87. The zero-order valence-corrected chi connectivity index (χ0v) is 10.2. The molecule has 0 amide bonds. The maximum absolute atomic E-state index is 10.9. The van der Waals surface area contributed by atoms with Gasteiger partial charge in [-0.15, -0.1) is 0 Å². The molecule has 1 aliphatic carbocycles. The molecule has 1 aromatic rings. The largest absolute Gasteiger partial charge is 0.346 e. The van der Waals surface area contributed by atoms with Gasteiger partial charge in [0.15, 0.2) is 0 Å². The number of aromatic amines is 1. The summed E-state index contributed by atoms with van der Waals surface area (Å²) < 4.78 is 0. The van der Waals surface area contributed by atoms with Crippen LogP contribution in [0.1, 0.15) is 62.2 Å². The maximum Gasteiger partial charge on any atom is 0.130 e. The van der Waals surface area contributed by atoms with Crippen LogP contribution in [0.5, 0.6) is 0 Å². The van der Waals surface area contributed by atoms with Crippen LogP contribution in [0.2, 0.25) is 0 Å². The minimum Gasteiger partial charge on any atom is -0.346 e. The van der Waals surface area contributed by atoms with Crippen LogP contribution in [-0.2, 0) is 11.2 Å². The minimum atomic E-state index is 0.233. The number of nitrogens with zero attached hydrogens (tertiary/aromatic N) is 1. The number of nitrogens with one attached hydrogen (secondary N) is 1. The van der Waals surface area contributed by atoms with E-state index in [0.29, 0.717) is 12.3 Å². The number of ketones is 1. The quantitative estimate of drug-likeness (QED) is 0.848. The Hall–Kier alpha value is -1.12. The lowest BCUT2D eigenvalue weighted by molar-refractivity contribution is -0.117. The van der Waals surface area contributed by atoms with Crippen LogP contribution < -0.4 is 0 Å². The molecular formula is C13H20N2O.